The number of sulfone groups is 1. The first-order valence-corrected chi connectivity index (χ1v) is 10.7. The molecule has 0 aliphatic heterocycles. The summed E-state index contributed by atoms with van der Waals surface area (Å²) < 4.78 is 68.0. The molecular weight excluding hydrogens is 433 g/mol. The van der Waals surface area contributed by atoms with E-state index in [0.29, 0.717) is 11.9 Å². The summed E-state index contributed by atoms with van der Waals surface area (Å²) in [5.74, 6) is -5.39. The van der Waals surface area contributed by atoms with Crippen LogP contribution in [0.2, 0.25) is 0 Å². The van der Waals surface area contributed by atoms with Crippen molar-refractivity contribution in [2.24, 2.45) is 0 Å². The lowest BCUT2D eigenvalue weighted by molar-refractivity contribution is 0.0285. The zero-order valence-corrected chi connectivity index (χ0v) is 17.0. The number of aromatic nitrogens is 5. The van der Waals surface area contributed by atoms with E-state index in [2.05, 4.69) is 30.5 Å². The normalized spacial score (nSPS) is 12.3. The molecule has 0 unspecified atom stereocenters. The molecule has 0 aliphatic rings. The summed E-state index contributed by atoms with van der Waals surface area (Å²) in [6.45, 7) is 1.75. The number of pyridine rings is 1. The van der Waals surface area contributed by atoms with Gasteiger partial charge in [0.05, 0.1) is 16.6 Å². The van der Waals surface area contributed by atoms with Crippen molar-refractivity contribution in [3.8, 4) is 0 Å². The van der Waals surface area contributed by atoms with Gasteiger partial charge in [0.1, 0.15) is 17.3 Å². The number of halogens is 3. The maximum Gasteiger partial charge on any atom is 0.348 e. The van der Waals surface area contributed by atoms with Crippen LogP contribution >= 0.6 is 0 Å². The molecule has 0 amide bonds. The van der Waals surface area contributed by atoms with Crippen molar-refractivity contribution in [3.63, 3.8) is 0 Å². The number of fused-ring (bicyclic) bond motifs is 1. The van der Waals surface area contributed by atoms with Crippen LogP contribution in [0.1, 0.15) is 17.2 Å². The van der Waals surface area contributed by atoms with Crippen LogP contribution in [0.3, 0.4) is 0 Å². The molecule has 0 aliphatic carbocycles. The van der Waals surface area contributed by atoms with Crippen molar-refractivity contribution < 1.29 is 21.6 Å². The summed E-state index contributed by atoms with van der Waals surface area (Å²) in [4.78, 5) is 11.0. The zero-order chi connectivity index (χ0) is 22.4. The fourth-order valence-corrected chi connectivity index (χ4v) is 3.77. The molecule has 4 rings (SSSR count). The molecule has 0 atom stereocenters. The highest BCUT2D eigenvalue weighted by molar-refractivity contribution is 7.91. The van der Waals surface area contributed by atoms with Gasteiger partial charge in [0.25, 0.3) is 0 Å². The Hall–Kier alpha value is -3.54. The number of nitrogens with zero attached hydrogens (tertiary/aromatic N) is 4. The minimum Gasteiger partial charge on any atom is -0.323 e. The quantitative estimate of drug-likeness (QED) is 0.480. The average molecular weight is 448 g/mol. The Kier molecular flexibility index (Phi) is 4.88. The number of benzene rings is 1. The summed E-state index contributed by atoms with van der Waals surface area (Å²) in [5.41, 5.74) is -0.267. The van der Waals surface area contributed by atoms with Crippen molar-refractivity contribution in [2.45, 2.75) is 17.7 Å². The van der Waals surface area contributed by atoms with Crippen LogP contribution in [0.5, 0.6) is 0 Å². The van der Waals surface area contributed by atoms with E-state index >= 15 is 8.78 Å². The third-order valence-corrected chi connectivity index (χ3v) is 5.50. The lowest BCUT2D eigenvalue weighted by Gasteiger charge is -2.17. The van der Waals surface area contributed by atoms with E-state index in [-0.39, 0.29) is 27.4 Å². The second-order valence-electron chi connectivity index (χ2n) is 6.82. The molecule has 12 heteroatoms. The molecule has 0 spiro atoms. The smallest absolute Gasteiger partial charge is 0.323 e. The molecule has 0 saturated heterocycles. The minimum atomic E-state index is -3.83. The Bertz CT molecular complexity index is 1390. The van der Waals surface area contributed by atoms with Crippen LogP contribution in [0.4, 0.5) is 24.8 Å². The SMILES string of the molecule is Cc1cc(Nc2nc(C(F)(F)c3ccc(F)cn3)nc3c(S(C)(=O)=O)cccc23)n[nH]1. The van der Waals surface area contributed by atoms with Gasteiger partial charge in [-0.25, -0.2) is 22.8 Å². The van der Waals surface area contributed by atoms with Crippen LogP contribution in [-0.2, 0) is 15.8 Å². The van der Waals surface area contributed by atoms with E-state index in [9.17, 15) is 12.8 Å². The number of hydrogen-bond acceptors (Lipinski definition) is 7. The average Bonchev–Trinajstić information content (AvgIpc) is 3.11. The van der Waals surface area contributed by atoms with Crippen molar-refractivity contribution in [1.29, 1.82) is 0 Å². The Morgan fingerprint density at radius 1 is 1.13 bits per heavy atom. The standard InChI is InChI=1S/C19H15F3N6O2S/c1-10-8-15(28-27-10)24-17-12-4-3-5-13(31(2,29)30)16(12)25-18(26-17)19(21,22)14-7-6-11(20)9-23-14/h3-9H,1-2H3,(H2,24,25,26,27,28). The number of H-pyrrole nitrogens is 1. The maximum atomic E-state index is 15.2. The summed E-state index contributed by atoms with van der Waals surface area (Å²) >= 11 is 0. The number of para-hydroxylation sites is 1. The highest BCUT2D eigenvalue weighted by Gasteiger charge is 2.40. The van der Waals surface area contributed by atoms with Gasteiger partial charge >= 0.3 is 5.92 Å². The molecule has 3 heterocycles. The van der Waals surface area contributed by atoms with Gasteiger partial charge in [0, 0.05) is 23.4 Å². The molecule has 31 heavy (non-hydrogen) atoms. The third kappa shape index (κ3) is 3.93. The summed E-state index contributed by atoms with van der Waals surface area (Å²) in [6, 6.07) is 7.51. The highest BCUT2D eigenvalue weighted by atomic mass is 32.2. The Morgan fingerprint density at radius 2 is 1.90 bits per heavy atom. The summed E-state index contributed by atoms with van der Waals surface area (Å²) in [7, 11) is -3.80. The number of aryl methyl sites for hydroxylation is 1. The predicted octanol–water partition coefficient (Wildman–Crippen LogP) is 3.48. The van der Waals surface area contributed by atoms with Gasteiger partial charge in [0.2, 0.25) is 5.82 Å². The van der Waals surface area contributed by atoms with E-state index < -0.39 is 33.1 Å². The number of hydrogen-bond donors (Lipinski definition) is 2. The van der Waals surface area contributed by atoms with Gasteiger partial charge in [0.15, 0.2) is 15.7 Å². The van der Waals surface area contributed by atoms with Crippen LogP contribution in [0, 0.1) is 12.7 Å². The zero-order valence-electron chi connectivity index (χ0n) is 16.2. The predicted molar refractivity (Wildman–Crippen MR) is 106 cm³/mol. The first-order chi connectivity index (χ1) is 14.6. The largest absolute Gasteiger partial charge is 0.348 e. The molecular formula is C19H15F3N6O2S. The van der Waals surface area contributed by atoms with Crippen LogP contribution < -0.4 is 5.32 Å². The van der Waals surface area contributed by atoms with Crippen molar-refractivity contribution in [2.75, 3.05) is 11.6 Å². The van der Waals surface area contributed by atoms with Gasteiger partial charge in [-0.3, -0.25) is 10.1 Å². The van der Waals surface area contributed by atoms with Crippen molar-refractivity contribution in [3.05, 3.63) is 65.6 Å². The lowest BCUT2D eigenvalue weighted by atomic mass is 10.1. The second-order valence-corrected chi connectivity index (χ2v) is 8.80. The molecule has 160 valence electrons. The second kappa shape index (κ2) is 7.30. The number of anilines is 2. The van der Waals surface area contributed by atoms with Crippen LogP contribution in [-0.4, -0.2) is 39.8 Å². The minimum absolute atomic E-state index is 0.0706. The Balaban J connectivity index is 1.98. The number of nitrogens with one attached hydrogen (secondary N) is 2. The molecule has 8 nitrogen and oxygen atoms in total. The molecule has 0 fully saturated rings. The highest BCUT2D eigenvalue weighted by Crippen LogP contribution is 2.36. The van der Waals surface area contributed by atoms with E-state index in [0.717, 1.165) is 18.4 Å². The summed E-state index contributed by atoms with van der Waals surface area (Å²) in [5, 5.41) is 9.72. The van der Waals surface area contributed by atoms with E-state index in [1.807, 2.05) is 0 Å². The number of aromatic amines is 1. The molecule has 1 aromatic carbocycles. The Morgan fingerprint density at radius 3 is 2.52 bits per heavy atom. The van der Waals surface area contributed by atoms with Gasteiger partial charge in [-0.15, -0.1) is 0 Å². The van der Waals surface area contributed by atoms with Gasteiger partial charge in [-0.1, -0.05) is 6.07 Å². The molecule has 0 bridgehead atoms. The molecule has 0 saturated carbocycles. The Labute approximate surface area is 174 Å². The number of alkyl halides is 2. The van der Waals surface area contributed by atoms with E-state index in [1.165, 1.54) is 18.2 Å². The van der Waals surface area contributed by atoms with E-state index in [1.54, 1.807) is 13.0 Å². The first kappa shape index (κ1) is 20.7. The fourth-order valence-electron chi connectivity index (χ4n) is 2.94. The van der Waals surface area contributed by atoms with E-state index in [4.69, 9.17) is 0 Å². The molecule has 2 N–H and O–H groups in total. The van der Waals surface area contributed by atoms with Crippen molar-refractivity contribution in [1.82, 2.24) is 25.1 Å². The maximum absolute atomic E-state index is 15.2. The van der Waals surface area contributed by atoms with Crippen LogP contribution in [0.15, 0.2) is 47.5 Å². The molecule has 3 aromatic heterocycles. The van der Waals surface area contributed by atoms with Gasteiger partial charge in [-0.2, -0.15) is 13.9 Å². The molecule has 0 radical (unpaired) electrons. The topological polar surface area (TPSA) is 114 Å². The van der Waals surface area contributed by atoms with Gasteiger partial charge in [-0.05, 0) is 31.2 Å². The molecule has 4 aromatic rings. The summed E-state index contributed by atoms with van der Waals surface area (Å²) in [6.07, 6.45) is 1.60. The van der Waals surface area contributed by atoms with Crippen molar-refractivity contribution >= 4 is 32.4 Å². The van der Waals surface area contributed by atoms with Crippen LogP contribution in [0.25, 0.3) is 10.9 Å². The number of rotatable bonds is 5. The third-order valence-electron chi connectivity index (χ3n) is 4.37. The fraction of sp³-hybridized carbons (Fsp3) is 0.158. The monoisotopic (exact) mass is 448 g/mol. The van der Waals surface area contributed by atoms with Gasteiger partial charge < -0.3 is 5.32 Å². The first-order valence-electron chi connectivity index (χ1n) is 8.86. The lowest BCUT2D eigenvalue weighted by Crippen LogP contribution is -2.22.